The van der Waals surface area contributed by atoms with Crippen LogP contribution in [0.5, 0.6) is 5.75 Å². The van der Waals surface area contributed by atoms with Crippen LogP contribution < -0.4 is 10.1 Å². The quantitative estimate of drug-likeness (QED) is 0.760. The number of hydrogen-bond acceptors (Lipinski definition) is 3. The summed E-state index contributed by atoms with van der Waals surface area (Å²) in [5.41, 5.74) is 0.872. The third-order valence-corrected chi connectivity index (χ3v) is 3.28. The first-order chi connectivity index (χ1) is 10.8. The maximum Gasteiger partial charge on any atom is 0.257 e. The van der Waals surface area contributed by atoms with Crippen molar-refractivity contribution in [3.8, 4) is 5.75 Å². The van der Waals surface area contributed by atoms with Crippen LogP contribution in [0.4, 0.5) is 0 Å². The summed E-state index contributed by atoms with van der Waals surface area (Å²) in [5, 5.41) is 3.90. The number of para-hydroxylation sites is 2. The number of hydrogen-bond donors (Lipinski definition) is 1. The van der Waals surface area contributed by atoms with E-state index in [2.05, 4.69) is 5.32 Å². The van der Waals surface area contributed by atoms with Crippen LogP contribution in [0.25, 0.3) is 11.0 Å². The Hall–Kier alpha value is -2.75. The number of amides is 1. The Morgan fingerprint density at radius 2 is 1.82 bits per heavy atom. The number of carbonyl (C=O) groups excluding carboxylic acids is 1. The lowest BCUT2D eigenvalue weighted by Crippen LogP contribution is -2.30. The molecule has 0 fully saturated rings. The normalized spacial score (nSPS) is 10.5. The van der Waals surface area contributed by atoms with Gasteiger partial charge in [0.2, 0.25) is 0 Å². The molecule has 0 radical (unpaired) electrons. The number of benzene rings is 2. The highest BCUT2D eigenvalue weighted by atomic mass is 16.5. The second-order valence-corrected chi connectivity index (χ2v) is 4.95. The van der Waals surface area contributed by atoms with E-state index in [9.17, 15) is 4.79 Å². The summed E-state index contributed by atoms with van der Waals surface area (Å²) in [6.07, 6.45) is 0.658. The molecule has 22 heavy (non-hydrogen) atoms. The molecule has 3 rings (SSSR count). The van der Waals surface area contributed by atoms with Crippen molar-refractivity contribution in [3.05, 3.63) is 66.4 Å². The summed E-state index contributed by atoms with van der Waals surface area (Å²) in [6, 6.07) is 19.2. The lowest BCUT2D eigenvalue weighted by molar-refractivity contribution is -0.123. The molecule has 0 aliphatic carbocycles. The fourth-order valence-electron chi connectivity index (χ4n) is 2.20. The van der Waals surface area contributed by atoms with E-state index in [1.165, 1.54) is 0 Å². The molecule has 0 atom stereocenters. The number of rotatable bonds is 6. The SMILES string of the molecule is O=C(COc1ccccc1)NCCc1cc2ccccc2o1. The summed E-state index contributed by atoms with van der Waals surface area (Å²) in [7, 11) is 0. The van der Waals surface area contributed by atoms with Crippen LogP contribution in [0.15, 0.2) is 65.1 Å². The van der Waals surface area contributed by atoms with Crippen molar-refractivity contribution in [1.29, 1.82) is 0 Å². The number of furan rings is 1. The zero-order chi connectivity index (χ0) is 15.2. The van der Waals surface area contributed by atoms with Crippen molar-refractivity contribution in [3.63, 3.8) is 0 Å². The topological polar surface area (TPSA) is 51.5 Å². The Bertz CT molecular complexity index is 716. The molecule has 1 heterocycles. The molecule has 3 aromatic rings. The molecular formula is C18H17NO3. The lowest BCUT2D eigenvalue weighted by atomic mass is 10.2. The van der Waals surface area contributed by atoms with Gasteiger partial charge in [-0.05, 0) is 24.3 Å². The first kappa shape index (κ1) is 14.2. The summed E-state index contributed by atoms with van der Waals surface area (Å²) in [6.45, 7) is 0.543. The largest absolute Gasteiger partial charge is 0.484 e. The standard InChI is InChI=1S/C18H17NO3/c20-18(13-21-15-7-2-1-3-8-15)19-11-10-16-12-14-6-4-5-9-17(14)22-16/h1-9,12H,10-11,13H2,(H,19,20). The molecule has 0 aliphatic rings. The average molecular weight is 295 g/mol. The summed E-state index contributed by atoms with van der Waals surface area (Å²) in [5.74, 6) is 1.42. The number of carbonyl (C=O) groups is 1. The zero-order valence-electron chi connectivity index (χ0n) is 12.1. The maximum absolute atomic E-state index is 11.7. The molecular weight excluding hydrogens is 278 g/mol. The van der Waals surface area contributed by atoms with Crippen molar-refractivity contribution in [1.82, 2.24) is 5.32 Å². The van der Waals surface area contributed by atoms with Gasteiger partial charge < -0.3 is 14.5 Å². The van der Waals surface area contributed by atoms with E-state index in [0.717, 1.165) is 16.7 Å². The Morgan fingerprint density at radius 3 is 2.64 bits per heavy atom. The average Bonchev–Trinajstić information content (AvgIpc) is 2.96. The van der Waals surface area contributed by atoms with Gasteiger partial charge in [0, 0.05) is 18.4 Å². The second-order valence-electron chi connectivity index (χ2n) is 4.95. The van der Waals surface area contributed by atoms with E-state index < -0.39 is 0 Å². The van der Waals surface area contributed by atoms with Gasteiger partial charge in [0.05, 0.1) is 0 Å². The van der Waals surface area contributed by atoms with Crippen LogP contribution in [0.1, 0.15) is 5.76 Å². The van der Waals surface area contributed by atoms with Gasteiger partial charge in [-0.25, -0.2) is 0 Å². The summed E-state index contributed by atoms with van der Waals surface area (Å²) >= 11 is 0. The third-order valence-electron chi connectivity index (χ3n) is 3.28. The monoisotopic (exact) mass is 295 g/mol. The van der Waals surface area contributed by atoms with Gasteiger partial charge in [0.25, 0.3) is 5.91 Å². The molecule has 0 aliphatic heterocycles. The highest BCUT2D eigenvalue weighted by molar-refractivity contribution is 5.78. The number of nitrogens with one attached hydrogen (secondary N) is 1. The van der Waals surface area contributed by atoms with E-state index in [4.69, 9.17) is 9.15 Å². The van der Waals surface area contributed by atoms with Gasteiger partial charge in [0.1, 0.15) is 17.1 Å². The van der Waals surface area contributed by atoms with Crippen molar-refractivity contribution < 1.29 is 13.9 Å². The van der Waals surface area contributed by atoms with Crippen LogP contribution in [0.3, 0.4) is 0 Å². The Morgan fingerprint density at radius 1 is 1.05 bits per heavy atom. The smallest absolute Gasteiger partial charge is 0.257 e. The first-order valence-electron chi connectivity index (χ1n) is 7.23. The maximum atomic E-state index is 11.7. The molecule has 1 amide bonds. The second kappa shape index (κ2) is 6.80. The predicted octanol–water partition coefficient (Wildman–Crippen LogP) is 3.17. The minimum Gasteiger partial charge on any atom is -0.484 e. The molecule has 4 nitrogen and oxygen atoms in total. The lowest BCUT2D eigenvalue weighted by Gasteiger charge is -2.06. The predicted molar refractivity (Wildman–Crippen MR) is 84.9 cm³/mol. The van der Waals surface area contributed by atoms with Crippen molar-refractivity contribution >= 4 is 16.9 Å². The van der Waals surface area contributed by atoms with Crippen LogP contribution in [0.2, 0.25) is 0 Å². The fraction of sp³-hybridized carbons (Fsp3) is 0.167. The van der Waals surface area contributed by atoms with Gasteiger partial charge in [-0.2, -0.15) is 0 Å². The molecule has 0 spiro atoms. The van der Waals surface area contributed by atoms with Crippen molar-refractivity contribution in [2.75, 3.05) is 13.2 Å². The van der Waals surface area contributed by atoms with Crippen molar-refractivity contribution in [2.24, 2.45) is 0 Å². The molecule has 0 unspecified atom stereocenters. The minimum absolute atomic E-state index is 0.0180. The van der Waals surface area contributed by atoms with E-state index >= 15 is 0 Å². The highest BCUT2D eigenvalue weighted by Crippen LogP contribution is 2.18. The number of fused-ring (bicyclic) bond motifs is 1. The summed E-state index contributed by atoms with van der Waals surface area (Å²) < 4.78 is 11.1. The highest BCUT2D eigenvalue weighted by Gasteiger charge is 2.05. The van der Waals surface area contributed by atoms with E-state index in [1.807, 2.05) is 60.7 Å². The molecule has 0 saturated heterocycles. The third kappa shape index (κ3) is 3.67. The van der Waals surface area contributed by atoms with Crippen LogP contribution in [0, 0.1) is 0 Å². The Kier molecular flexibility index (Phi) is 4.39. The van der Waals surface area contributed by atoms with E-state index in [0.29, 0.717) is 18.7 Å². The van der Waals surface area contributed by atoms with Gasteiger partial charge >= 0.3 is 0 Å². The Balaban J connectivity index is 1.43. The zero-order valence-corrected chi connectivity index (χ0v) is 12.1. The van der Waals surface area contributed by atoms with Crippen molar-refractivity contribution in [2.45, 2.75) is 6.42 Å². The fourth-order valence-corrected chi connectivity index (χ4v) is 2.20. The Labute approximate surface area is 128 Å². The number of ether oxygens (including phenoxy) is 1. The summed E-state index contributed by atoms with van der Waals surface area (Å²) in [4.78, 5) is 11.7. The molecule has 2 aromatic carbocycles. The molecule has 4 heteroatoms. The van der Waals surface area contributed by atoms with Gasteiger partial charge in [-0.15, -0.1) is 0 Å². The molecule has 0 saturated carbocycles. The molecule has 1 N–H and O–H groups in total. The minimum atomic E-state index is -0.139. The van der Waals surface area contributed by atoms with E-state index in [1.54, 1.807) is 0 Å². The molecule has 1 aromatic heterocycles. The van der Waals surface area contributed by atoms with Gasteiger partial charge in [0.15, 0.2) is 6.61 Å². The van der Waals surface area contributed by atoms with Crippen LogP contribution >= 0.6 is 0 Å². The van der Waals surface area contributed by atoms with Gasteiger partial charge in [-0.1, -0.05) is 36.4 Å². The first-order valence-corrected chi connectivity index (χ1v) is 7.23. The van der Waals surface area contributed by atoms with Crippen LogP contribution in [-0.2, 0) is 11.2 Å². The van der Waals surface area contributed by atoms with E-state index in [-0.39, 0.29) is 12.5 Å². The molecule has 112 valence electrons. The van der Waals surface area contributed by atoms with Crippen LogP contribution in [-0.4, -0.2) is 19.1 Å². The molecule has 0 bridgehead atoms. The van der Waals surface area contributed by atoms with Gasteiger partial charge in [-0.3, -0.25) is 4.79 Å².